The number of hydrazine groups is 1. The highest BCUT2D eigenvalue weighted by Crippen LogP contribution is 2.15. The third kappa shape index (κ3) is 2.70. The van der Waals surface area contributed by atoms with Crippen molar-refractivity contribution in [2.75, 3.05) is 14.1 Å². The van der Waals surface area contributed by atoms with Crippen LogP contribution in [0.4, 0.5) is 0 Å². The van der Waals surface area contributed by atoms with E-state index in [9.17, 15) is 19.5 Å². The predicted molar refractivity (Wildman–Crippen MR) is 81.9 cm³/mol. The zero-order valence-corrected chi connectivity index (χ0v) is 13.3. The lowest BCUT2D eigenvalue weighted by atomic mass is 10.2. The van der Waals surface area contributed by atoms with Gasteiger partial charge in [-0.1, -0.05) is 18.2 Å². The van der Waals surface area contributed by atoms with Crippen molar-refractivity contribution in [3.63, 3.8) is 0 Å². The molecule has 0 spiro atoms. The monoisotopic (exact) mass is 317 g/mol. The van der Waals surface area contributed by atoms with Crippen molar-refractivity contribution in [2.24, 2.45) is 14.1 Å². The summed E-state index contributed by atoms with van der Waals surface area (Å²) >= 11 is 0. The van der Waals surface area contributed by atoms with E-state index in [1.54, 1.807) is 0 Å². The van der Waals surface area contributed by atoms with Crippen LogP contribution in [0.2, 0.25) is 0 Å². The second-order valence-corrected chi connectivity index (χ2v) is 5.05. The van der Waals surface area contributed by atoms with E-state index in [0.717, 1.165) is 0 Å². The Morgan fingerprint density at radius 1 is 0.826 bits per heavy atom. The highest BCUT2D eigenvalue weighted by molar-refractivity contribution is 6.22. The Kier molecular flexibility index (Phi) is 4.26. The van der Waals surface area contributed by atoms with Gasteiger partial charge in [0.1, 0.15) is 5.57 Å². The van der Waals surface area contributed by atoms with Gasteiger partial charge >= 0.3 is 0 Å². The zero-order valence-electron chi connectivity index (χ0n) is 13.3. The highest BCUT2D eigenvalue weighted by Gasteiger charge is 2.35. The lowest BCUT2D eigenvalue weighted by molar-refractivity contribution is -0.280. The molecule has 1 aliphatic heterocycles. The molecule has 1 aromatic heterocycles. The Balaban J connectivity index is 2.16. The molecule has 0 N–H and O–H groups in total. The average molecular weight is 317 g/mol. The number of carbonyl (C=O) groups excluding carboxylic acids is 2. The van der Waals surface area contributed by atoms with Gasteiger partial charge in [0.15, 0.2) is 0 Å². The first-order valence-corrected chi connectivity index (χ1v) is 6.81. The van der Waals surface area contributed by atoms with Crippen LogP contribution in [0.3, 0.4) is 0 Å². The van der Waals surface area contributed by atoms with Gasteiger partial charge in [-0.05, 0) is 18.0 Å². The number of rotatable bonds is 3. The Morgan fingerprint density at radius 3 is 1.87 bits per heavy atom. The second kappa shape index (κ2) is 5.99. The van der Waals surface area contributed by atoms with Crippen molar-refractivity contribution in [1.29, 1.82) is 0 Å². The molecule has 0 bridgehead atoms. The molecule has 2 amide bonds. The van der Waals surface area contributed by atoms with Gasteiger partial charge in [0.2, 0.25) is 0 Å². The van der Waals surface area contributed by atoms with Crippen LogP contribution in [-0.4, -0.2) is 45.3 Å². The summed E-state index contributed by atoms with van der Waals surface area (Å²) < 4.78 is 2.43. The average Bonchev–Trinajstić information content (AvgIpc) is 2.83. The van der Waals surface area contributed by atoms with E-state index in [4.69, 9.17) is 0 Å². The van der Waals surface area contributed by atoms with E-state index in [1.165, 1.54) is 78.0 Å². The molecule has 0 unspecified atom stereocenters. The van der Waals surface area contributed by atoms with Gasteiger partial charge in [-0.25, -0.2) is 0 Å². The summed E-state index contributed by atoms with van der Waals surface area (Å²) in [6, 6.07) is 0. The van der Waals surface area contributed by atoms with E-state index in [-0.39, 0.29) is 34.4 Å². The number of allylic oxidation sites excluding steroid dienone is 4. The summed E-state index contributed by atoms with van der Waals surface area (Å²) in [6.07, 6.45) is 7.35. The van der Waals surface area contributed by atoms with Gasteiger partial charge in [0.05, 0.1) is 5.56 Å². The number of nitrogens with zero attached hydrogens (tertiary/aromatic N) is 4. The molecule has 2 heterocycles. The fourth-order valence-corrected chi connectivity index (χ4v) is 2.08. The first kappa shape index (κ1) is 16.3. The fraction of sp³-hybridized carbons (Fsp3) is 0.267. The van der Waals surface area contributed by atoms with Crippen LogP contribution in [0, 0.1) is 0 Å². The van der Waals surface area contributed by atoms with Crippen molar-refractivity contribution >= 4 is 17.9 Å². The lowest BCUT2D eigenvalue weighted by Crippen LogP contribution is -2.33. The molecule has 0 radical (unpaired) electrons. The topological polar surface area (TPSA) is 90.6 Å². The summed E-state index contributed by atoms with van der Waals surface area (Å²) in [7, 11) is 6.02. The van der Waals surface area contributed by atoms with Crippen LogP contribution in [0.15, 0.2) is 34.7 Å². The van der Waals surface area contributed by atoms with Gasteiger partial charge in [0, 0.05) is 28.2 Å². The van der Waals surface area contributed by atoms with Crippen molar-refractivity contribution in [1.82, 2.24) is 19.4 Å². The van der Waals surface area contributed by atoms with E-state index < -0.39 is 0 Å². The van der Waals surface area contributed by atoms with Crippen LogP contribution >= 0.6 is 0 Å². The van der Waals surface area contributed by atoms with Crippen LogP contribution < -0.4 is 10.7 Å². The van der Waals surface area contributed by atoms with E-state index in [2.05, 4.69) is 0 Å². The number of amides is 2. The molecular weight excluding hydrogens is 300 g/mol. The van der Waals surface area contributed by atoms with Crippen LogP contribution in [0.1, 0.15) is 5.56 Å². The Hall–Kier alpha value is -3.03. The number of hydrogen-bond donors (Lipinski definition) is 0. The molecule has 0 atom stereocenters. The van der Waals surface area contributed by atoms with E-state index >= 15 is 0 Å². The number of aromatic nitrogens is 2. The Morgan fingerprint density at radius 2 is 1.39 bits per heavy atom. The van der Waals surface area contributed by atoms with Crippen LogP contribution in [0.5, 0.6) is 5.88 Å². The molecule has 0 aromatic carbocycles. The minimum absolute atomic E-state index is 0.0554. The Labute approximate surface area is 132 Å². The predicted octanol–water partition coefficient (Wildman–Crippen LogP) is -0.861. The number of carbonyl (C=O) groups is 2. The largest absolute Gasteiger partial charge is 0.858 e. The third-order valence-electron chi connectivity index (χ3n) is 3.75. The van der Waals surface area contributed by atoms with Gasteiger partial charge < -0.3 is 5.11 Å². The number of likely N-dealkylation sites (N-methyl/N-ethyl adjacent to an activating group) is 2. The maximum absolute atomic E-state index is 11.8. The summed E-state index contributed by atoms with van der Waals surface area (Å²) in [5.41, 5.74) is -0.274. The summed E-state index contributed by atoms with van der Waals surface area (Å²) in [5.74, 6) is -1.15. The normalized spacial score (nSPS) is 15.7. The molecule has 8 nitrogen and oxygen atoms in total. The standard InChI is InChI=1S/C15H18N4O4/c1-16-12(20)10(13(21)17(16)2)8-6-5-7-9-11-14(22)18(3)19(4)15(11)23/h5-9,20H,1-4H3/p-1/b7-5+,8-6+. The molecule has 1 aromatic rings. The van der Waals surface area contributed by atoms with Gasteiger partial charge in [-0.3, -0.25) is 33.8 Å². The van der Waals surface area contributed by atoms with Crippen molar-refractivity contribution in [3.8, 4) is 5.88 Å². The summed E-state index contributed by atoms with van der Waals surface area (Å²) in [4.78, 5) is 35.4. The summed E-state index contributed by atoms with van der Waals surface area (Å²) in [6.45, 7) is 0. The maximum Gasteiger partial charge on any atom is 0.277 e. The van der Waals surface area contributed by atoms with Crippen molar-refractivity contribution in [2.45, 2.75) is 0 Å². The first-order chi connectivity index (χ1) is 10.8. The smallest absolute Gasteiger partial charge is 0.277 e. The molecule has 1 fully saturated rings. The molecule has 2 rings (SSSR count). The first-order valence-electron chi connectivity index (χ1n) is 6.81. The molecule has 1 saturated heterocycles. The fourth-order valence-electron chi connectivity index (χ4n) is 2.08. The second-order valence-electron chi connectivity index (χ2n) is 5.05. The van der Waals surface area contributed by atoms with Gasteiger partial charge in [0.25, 0.3) is 17.4 Å². The van der Waals surface area contributed by atoms with Crippen LogP contribution in [-0.2, 0) is 23.7 Å². The minimum Gasteiger partial charge on any atom is -0.858 e. The van der Waals surface area contributed by atoms with Crippen LogP contribution in [0.25, 0.3) is 6.08 Å². The van der Waals surface area contributed by atoms with E-state index in [1.807, 2.05) is 0 Å². The molecular formula is C15H17N4O4-. The quantitative estimate of drug-likeness (QED) is 0.412. The van der Waals surface area contributed by atoms with E-state index in [0.29, 0.717) is 0 Å². The third-order valence-corrected chi connectivity index (χ3v) is 3.75. The molecule has 0 saturated carbocycles. The molecule has 0 aliphatic carbocycles. The zero-order chi connectivity index (χ0) is 17.3. The Bertz CT molecular complexity index is 788. The summed E-state index contributed by atoms with van der Waals surface area (Å²) in [5, 5.41) is 14.2. The molecule has 23 heavy (non-hydrogen) atoms. The SMILES string of the molecule is CN1C(=O)C(=C/C=C/C=C/c2c([O-])n(C)n(C)c2=O)C(=O)N1C. The molecule has 8 heteroatoms. The minimum atomic E-state index is -0.384. The van der Waals surface area contributed by atoms with Crippen molar-refractivity contribution < 1.29 is 14.7 Å². The van der Waals surface area contributed by atoms with Gasteiger partial charge in [-0.2, -0.15) is 0 Å². The van der Waals surface area contributed by atoms with Crippen molar-refractivity contribution in [3.05, 3.63) is 45.8 Å². The number of hydrogen-bond acceptors (Lipinski definition) is 4. The molecule has 1 aliphatic rings. The van der Waals surface area contributed by atoms with Gasteiger partial charge in [-0.15, -0.1) is 0 Å². The molecule has 122 valence electrons. The lowest BCUT2D eigenvalue weighted by Gasteiger charge is -2.16. The highest BCUT2D eigenvalue weighted by atomic mass is 16.3. The maximum atomic E-state index is 11.8.